The zero-order valence-electron chi connectivity index (χ0n) is 10.5. The van der Waals surface area contributed by atoms with Crippen LogP contribution < -0.4 is 0 Å². The first-order chi connectivity index (χ1) is 7.36. The third-order valence-corrected chi connectivity index (χ3v) is 4.33. The van der Waals surface area contributed by atoms with Gasteiger partial charge in [-0.25, -0.2) is 0 Å². The van der Waals surface area contributed by atoms with Crippen molar-refractivity contribution >= 4 is 5.78 Å². The van der Waals surface area contributed by atoms with Crippen molar-refractivity contribution in [1.29, 1.82) is 0 Å². The van der Waals surface area contributed by atoms with Gasteiger partial charge in [-0.05, 0) is 32.6 Å². The summed E-state index contributed by atoms with van der Waals surface area (Å²) in [6, 6.07) is 0. The molecular weight excluding hydrogens is 204 g/mol. The molecule has 3 heteroatoms. The molecule has 0 aromatic carbocycles. The first-order valence-corrected chi connectivity index (χ1v) is 6.19. The number of carbonyl (C=O) groups excluding carboxylic acids is 1. The lowest BCUT2D eigenvalue weighted by Gasteiger charge is -2.41. The highest BCUT2D eigenvalue weighted by atomic mass is 16.5. The highest BCUT2D eigenvalue weighted by molar-refractivity contribution is 5.81. The van der Waals surface area contributed by atoms with Gasteiger partial charge in [-0.3, -0.25) is 4.79 Å². The quantitative estimate of drug-likeness (QED) is 0.799. The van der Waals surface area contributed by atoms with Crippen LogP contribution in [0.4, 0.5) is 0 Å². The fraction of sp³-hybridized carbons (Fsp3) is 0.923. The molecule has 2 rings (SSSR count). The van der Waals surface area contributed by atoms with Crippen molar-refractivity contribution in [3.8, 4) is 0 Å². The molecule has 0 radical (unpaired) electrons. The topological polar surface area (TPSA) is 46.5 Å². The summed E-state index contributed by atoms with van der Waals surface area (Å²) in [6.45, 7) is 6.73. The average molecular weight is 226 g/mol. The third-order valence-electron chi connectivity index (χ3n) is 4.33. The van der Waals surface area contributed by atoms with Crippen LogP contribution in [0.1, 0.15) is 46.5 Å². The summed E-state index contributed by atoms with van der Waals surface area (Å²) < 4.78 is 5.88. The SMILES string of the molecule is C[C@H](O)CC[C@@H]1[C@@]2(C)CO[C@]1(C)CC(=O)C2. The Bertz CT molecular complexity index is 278. The molecule has 2 aliphatic rings. The maximum atomic E-state index is 11.7. The Morgan fingerprint density at radius 1 is 1.50 bits per heavy atom. The van der Waals surface area contributed by atoms with Crippen molar-refractivity contribution in [2.75, 3.05) is 6.61 Å². The standard InChI is InChI=1S/C13H22O3/c1-9(14)4-5-11-12(2)6-10(15)7-13(11,3)16-8-12/h9,11,14H,4-8H2,1-3H3/t9-,11+,12+,13+/m0/s1. The Labute approximate surface area is 97.2 Å². The Hall–Kier alpha value is -0.410. The third kappa shape index (κ3) is 1.91. The van der Waals surface area contributed by atoms with Gasteiger partial charge in [0.2, 0.25) is 0 Å². The lowest BCUT2D eigenvalue weighted by Crippen LogP contribution is -2.45. The van der Waals surface area contributed by atoms with Crippen molar-refractivity contribution in [2.24, 2.45) is 11.3 Å². The average Bonchev–Trinajstić information content (AvgIpc) is 2.27. The van der Waals surface area contributed by atoms with E-state index in [0.29, 0.717) is 31.1 Å². The van der Waals surface area contributed by atoms with Crippen LogP contribution in [0.25, 0.3) is 0 Å². The van der Waals surface area contributed by atoms with Crippen LogP contribution in [-0.4, -0.2) is 29.2 Å². The molecule has 2 fully saturated rings. The minimum Gasteiger partial charge on any atom is -0.393 e. The van der Waals surface area contributed by atoms with E-state index in [0.717, 1.165) is 12.8 Å². The molecule has 1 saturated carbocycles. The zero-order chi connectivity index (χ0) is 12.0. The molecule has 4 atom stereocenters. The molecule has 1 saturated heterocycles. The van der Waals surface area contributed by atoms with Gasteiger partial charge in [-0.1, -0.05) is 6.92 Å². The summed E-state index contributed by atoms with van der Waals surface area (Å²) in [7, 11) is 0. The van der Waals surface area contributed by atoms with Gasteiger partial charge in [0.25, 0.3) is 0 Å². The first kappa shape index (κ1) is 12.1. The fourth-order valence-electron chi connectivity index (χ4n) is 3.58. The molecule has 1 aliphatic heterocycles. The summed E-state index contributed by atoms with van der Waals surface area (Å²) in [5.41, 5.74) is -0.280. The molecule has 0 spiro atoms. The highest BCUT2D eigenvalue weighted by Crippen LogP contribution is 2.54. The van der Waals surface area contributed by atoms with E-state index in [9.17, 15) is 9.90 Å². The largest absolute Gasteiger partial charge is 0.393 e. The van der Waals surface area contributed by atoms with E-state index in [1.165, 1.54) is 0 Å². The van der Waals surface area contributed by atoms with E-state index >= 15 is 0 Å². The van der Waals surface area contributed by atoms with Gasteiger partial charge in [0.1, 0.15) is 5.78 Å². The summed E-state index contributed by atoms with van der Waals surface area (Å²) in [6.07, 6.45) is 2.69. The molecule has 3 nitrogen and oxygen atoms in total. The Balaban J connectivity index is 2.14. The van der Waals surface area contributed by atoms with E-state index < -0.39 is 0 Å². The van der Waals surface area contributed by atoms with Crippen molar-refractivity contribution in [3.05, 3.63) is 0 Å². The second-order valence-corrected chi connectivity index (χ2v) is 6.13. The number of Topliss-reactive ketones (excluding diaryl/α,β-unsaturated/α-hetero) is 1. The van der Waals surface area contributed by atoms with Crippen LogP contribution in [0.5, 0.6) is 0 Å². The van der Waals surface area contributed by atoms with Crippen LogP contribution in [0.15, 0.2) is 0 Å². The molecular formula is C13H22O3. The zero-order valence-corrected chi connectivity index (χ0v) is 10.5. The fourth-order valence-corrected chi connectivity index (χ4v) is 3.58. The minimum atomic E-state index is -0.279. The van der Waals surface area contributed by atoms with Crippen molar-refractivity contribution in [3.63, 3.8) is 0 Å². The first-order valence-electron chi connectivity index (χ1n) is 6.19. The van der Waals surface area contributed by atoms with Crippen LogP contribution in [0.2, 0.25) is 0 Å². The maximum absolute atomic E-state index is 11.7. The number of rotatable bonds is 3. The number of hydrogen-bond donors (Lipinski definition) is 1. The highest BCUT2D eigenvalue weighted by Gasteiger charge is 2.57. The molecule has 16 heavy (non-hydrogen) atoms. The number of aliphatic hydroxyl groups excluding tert-OH is 1. The van der Waals surface area contributed by atoms with Gasteiger partial charge in [-0.2, -0.15) is 0 Å². The van der Waals surface area contributed by atoms with Gasteiger partial charge >= 0.3 is 0 Å². The van der Waals surface area contributed by atoms with Gasteiger partial charge in [-0.15, -0.1) is 0 Å². The summed E-state index contributed by atoms with van der Waals surface area (Å²) in [5, 5.41) is 9.39. The van der Waals surface area contributed by atoms with Gasteiger partial charge in [0.05, 0.1) is 18.3 Å². The maximum Gasteiger partial charge on any atom is 0.136 e. The number of fused-ring (bicyclic) bond motifs is 2. The van der Waals surface area contributed by atoms with Crippen LogP contribution in [0.3, 0.4) is 0 Å². The molecule has 2 bridgehead atoms. The van der Waals surface area contributed by atoms with E-state index in [-0.39, 0.29) is 17.1 Å². The summed E-state index contributed by atoms with van der Waals surface area (Å²) >= 11 is 0. The number of carbonyl (C=O) groups is 1. The Morgan fingerprint density at radius 3 is 2.75 bits per heavy atom. The van der Waals surface area contributed by atoms with E-state index in [2.05, 4.69) is 13.8 Å². The van der Waals surface area contributed by atoms with E-state index in [1.54, 1.807) is 0 Å². The van der Waals surface area contributed by atoms with Crippen LogP contribution in [0, 0.1) is 11.3 Å². The molecule has 1 N–H and O–H groups in total. The van der Waals surface area contributed by atoms with E-state index in [4.69, 9.17) is 4.74 Å². The predicted molar refractivity (Wildman–Crippen MR) is 61.1 cm³/mol. The number of aliphatic hydroxyl groups is 1. The van der Waals surface area contributed by atoms with Gasteiger partial charge in [0.15, 0.2) is 0 Å². The second kappa shape index (κ2) is 3.81. The smallest absolute Gasteiger partial charge is 0.136 e. The minimum absolute atomic E-state index is 0.00102. The Morgan fingerprint density at radius 2 is 2.19 bits per heavy atom. The van der Waals surface area contributed by atoms with Crippen molar-refractivity contribution in [1.82, 2.24) is 0 Å². The molecule has 0 aromatic rings. The second-order valence-electron chi connectivity index (χ2n) is 6.13. The van der Waals surface area contributed by atoms with Crippen molar-refractivity contribution < 1.29 is 14.6 Å². The molecule has 0 amide bonds. The lowest BCUT2D eigenvalue weighted by molar-refractivity contribution is -0.130. The number of hydrogen-bond acceptors (Lipinski definition) is 3. The lowest BCUT2D eigenvalue weighted by atomic mass is 9.61. The summed E-state index contributed by atoms with van der Waals surface area (Å²) in [4.78, 5) is 11.7. The van der Waals surface area contributed by atoms with Crippen molar-refractivity contribution in [2.45, 2.75) is 58.2 Å². The van der Waals surface area contributed by atoms with Crippen LogP contribution >= 0.6 is 0 Å². The number of ketones is 1. The molecule has 0 aromatic heterocycles. The van der Waals surface area contributed by atoms with Crippen LogP contribution in [-0.2, 0) is 9.53 Å². The molecule has 1 aliphatic carbocycles. The summed E-state index contributed by atoms with van der Waals surface area (Å²) in [5.74, 6) is 0.739. The van der Waals surface area contributed by atoms with E-state index in [1.807, 2.05) is 6.92 Å². The monoisotopic (exact) mass is 226 g/mol. The number of ether oxygens (including phenoxy) is 1. The predicted octanol–water partition coefficient (Wildman–Crippen LogP) is 1.92. The molecule has 92 valence electrons. The van der Waals surface area contributed by atoms with Gasteiger partial charge in [0, 0.05) is 18.3 Å². The molecule has 0 unspecified atom stereocenters. The van der Waals surface area contributed by atoms with Gasteiger partial charge < -0.3 is 9.84 Å². The Kier molecular flexibility index (Phi) is 2.87. The molecule has 1 heterocycles. The normalized spacial score (nSPS) is 44.8.